The van der Waals surface area contributed by atoms with E-state index >= 15 is 0 Å². The molecule has 0 aliphatic rings. The summed E-state index contributed by atoms with van der Waals surface area (Å²) in [6, 6.07) is 7.60. The molecule has 0 saturated heterocycles. The Morgan fingerprint density at radius 1 is 1.10 bits per heavy atom. The Labute approximate surface area is 131 Å². The van der Waals surface area contributed by atoms with E-state index in [0.717, 1.165) is 12.1 Å². The lowest BCUT2D eigenvalue weighted by molar-refractivity contribution is 0.601. The smallest absolute Gasteiger partial charge is 0.263 e. The summed E-state index contributed by atoms with van der Waals surface area (Å²) in [5.74, 6) is -0.465. The van der Waals surface area contributed by atoms with Gasteiger partial charge in [-0.15, -0.1) is 0 Å². The molecule has 8 heteroatoms. The van der Waals surface area contributed by atoms with Crippen LogP contribution in [-0.2, 0) is 16.6 Å². The van der Waals surface area contributed by atoms with Crippen LogP contribution in [0.1, 0.15) is 5.56 Å². The van der Waals surface area contributed by atoms with Crippen molar-refractivity contribution in [3.63, 3.8) is 0 Å². The number of hydrogen-bond acceptors (Lipinski definition) is 3. The maximum atomic E-state index is 12.8. The summed E-state index contributed by atoms with van der Waals surface area (Å²) in [5.41, 5.74) is 6.07. The molecule has 2 aromatic rings. The van der Waals surface area contributed by atoms with Crippen LogP contribution in [0.3, 0.4) is 0 Å². The molecule has 0 atom stereocenters. The second kappa shape index (κ2) is 6.19. The van der Waals surface area contributed by atoms with Crippen LogP contribution < -0.4 is 10.5 Å². The maximum Gasteiger partial charge on any atom is 0.263 e. The van der Waals surface area contributed by atoms with Gasteiger partial charge >= 0.3 is 0 Å². The minimum atomic E-state index is -3.92. The normalized spacial score (nSPS) is 11.4. The van der Waals surface area contributed by atoms with Gasteiger partial charge in [-0.05, 0) is 36.4 Å². The van der Waals surface area contributed by atoms with Crippen molar-refractivity contribution < 1.29 is 12.8 Å². The second-order valence-corrected chi connectivity index (χ2v) is 6.59. The summed E-state index contributed by atoms with van der Waals surface area (Å²) in [5, 5.41) is 0.267. The molecule has 0 heterocycles. The Balaban J connectivity index is 2.42. The van der Waals surface area contributed by atoms with Gasteiger partial charge in [0.05, 0.1) is 5.02 Å². The van der Waals surface area contributed by atoms with Crippen LogP contribution in [0.4, 0.5) is 10.1 Å². The predicted molar refractivity (Wildman–Crippen MR) is 81.6 cm³/mol. The van der Waals surface area contributed by atoms with E-state index < -0.39 is 15.8 Å². The van der Waals surface area contributed by atoms with Crippen molar-refractivity contribution in [3.8, 4) is 0 Å². The van der Waals surface area contributed by atoms with Gasteiger partial charge in [0.15, 0.2) is 0 Å². The summed E-state index contributed by atoms with van der Waals surface area (Å²) >= 11 is 12.0. The highest BCUT2D eigenvalue weighted by Gasteiger charge is 2.21. The summed E-state index contributed by atoms with van der Waals surface area (Å²) in [6.45, 7) is 0.0115. The molecule has 2 aromatic carbocycles. The molecule has 0 saturated carbocycles. The number of anilines is 1. The highest BCUT2D eigenvalue weighted by atomic mass is 35.5. The van der Waals surface area contributed by atoms with E-state index in [1.54, 1.807) is 0 Å². The minimum Gasteiger partial charge on any atom is -0.326 e. The third-order valence-corrected chi connectivity index (χ3v) is 5.06. The fourth-order valence-corrected chi connectivity index (χ4v) is 3.69. The molecule has 0 spiro atoms. The molecule has 21 heavy (non-hydrogen) atoms. The molecule has 0 unspecified atom stereocenters. The molecule has 0 radical (unpaired) electrons. The van der Waals surface area contributed by atoms with Crippen LogP contribution in [0.5, 0.6) is 0 Å². The lowest BCUT2D eigenvalue weighted by Crippen LogP contribution is -2.14. The van der Waals surface area contributed by atoms with E-state index in [9.17, 15) is 12.8 Å². The Morgan fingerprint density at radius 2 is 1.71 bits per heavy atom. The van der Waals surface area contributed by atoms with Gasteiger partial charge in [0.1, 0.15) is 10.7 Å². The van der Waals surface area contributed by atoms with Crippen molar-refractivity contribution in [3.05, 3.63) is 57.8 Å². The van der Waals surface area contributed by atoms with Gasteiger partial charge in [-0.2, -0.15) is 0 Å². The molecule has 2 rings (SSSR count). The predicted octanol–water partition coefficient (Wildman–Crippen LogP) is 3.39. The molecule has 3 N–H and O–H groups in total. The first-order valence-corrected chi connectivity index (χ1v) is 8.04. The van der Waals surface area contributed by atoms with Gasteiger partial charge in [0, 0.05) is 22.8 Å². The van der Waals surface area contributed by atoms with E-state index in [0.29, 0.717) is 10.6 Å². The Bertz CT molecular complexity index is 764. The number of hydrogen-bond donors (Lipinski definition) is 2. The Hall–Kier alpha value is -1.34. The van der Waals surface area contributed by atoms with E-state index in [1.807, 2.05) is 0 Å². The van der Waals surface area contributed by atoms with Gasteiger partial charge in [-0.25, -0.2) is 12.8 Å². The Morgan fingerprint density at radius 3 is 2.29 bits per heavy atom. The van der Waals surface area contributed by atoms with Crippen molar-refractivity contribution in [2.45, 2.75) is 11.4 Å². The standard InChI is InChI=1S/C13H11Cl2FN2O2S/c14-11-5-6-12(13(15)10(11)7-17)21(19,20)18-9-3-1-8(16)2-4-9/h1-6,18H,7,17H2. The van der Waals surface area contributed by atoms with Crippen LogP contribution in [0.2, 0.25) is 10.0 Å². The molecule has 112 valence electrons. The van der Waals surface area contributed by atoms with Gasteiger partial charge in [0.2, 0.25) is 0 Å². The summed E-state index contributed by atoms with van der Waals surface area (Å²) in [4.78, 5) is -0.140. The zero-order valence-electron chi connectivity index (χ0n) is 10.6. The quantitative estimate of drug-likeness (QED) is 0.889. The highest BCUT2D eigenvalue weighted by molar-refractivity contribution is 7.92. The number of rotatable bonds is 4. The van der Waals surface area contributed by atoms with Crippen molar-refractivity contribution in [2.24, 2.45) is 5.73 Å². The minimum absolute atomic E-state index is 0.0115. The number of sulfonamides is 1. The van der Waals surface area contributed by atoms with Gasteiger partial charge < -0.3 is 5.73 Å². The van der Waals surface area contributed by atoms with E-state index in [4.69, 9.17) is 28.9 Å². The molecule has 0 aromatic heterocycles. The molecular weight excluding hydrogens is 338 g/mol. The number of nitrogens with one attached hydrogen (secondary N) is 1. The fourth-order valence-electron chi connectivity index (χ4n) is 1.70. The average molecular weight is 349 g/mol. The molecule has 0 bridgehead atoms. The van der Waals surface area contributed by atoms with Gasteiger partial charge in [-0.1, -0.05) is 23.2 Å². The average Bonchev–Trinajstić information content (AvgIpc) is 2.41. The van der Waals surface area contributed by atoms with Crippen molar-refractivity contribution in [1.82, 2.24) is 0 Å². The monoisotopic (exact) mass is 348 g/mol. The van der Waals surface area contributed by atoms with Gasteiger partial charge in [0.25, 0.3) is 10.0 Å². The first kappa shape index (κ1) is 16.0. The zero-order valence-corrected chi connectivity index (χ0v) is 12.9. The third kappa shape index (κ3) is 3.47. The maximum absolute atomic E-state index is 12.8. The lowest BCUT2D eigenvalue weighted by atomic mass is 10.2. The molecule has 0 amide bonds. The molecule has 0 fully saturated rings. The second-order valence-electron chi connectivity index (χ2n) is 4.15. The first-order valence-electron chi connectivity index (χ1n) is 5.80. The van der Waals surface area contributed by atoms with Crippen LogP contribution >= 0.6 is 23.2 Å². The molecule has 4 nitrogen and oxygen atoms in total. The van der Waals surface area contributed by atoms with E-state index in [2.05, 4.69) is 4.72 Å². The van der Waals surface area contributed by atoms with E-state index in [-0.39, 0.29) is 22.2 Å². The van der Waals surface area contributed by atoms with Crippen LogP contribution in [-0.4, -0.2) is 8.42 Å². The topological polar surface area (TPSA) is 72.2 Å². The molecule has 0 aliphatic heterocycles. The first-order chi connectivity index (χ1) is 9.85. The number of benzene rings is 2. The van der Waals surface area contributed by atoms with Gasteiger partial charge in [-0.3, -0.25) is 4.72 Å². The largest absolute Gasteiger partial charge is 0.326 e. The summed E-state index contributed by atoms with van der Waals surface area (Å²) in [6.07, 6.45) is 0. The SMILES string of the molecule is NCc1c(Cl)ccc(S(=O)(=O)Nc2ccc(F)cc2)c1Cl. The van der Waals surface area contributed by atoms with E-state index in [1.165, 1.54) is 24.3 Å². The van der Waals surface area contributed by atoms with Crippen LogP contribution in [0, 0.1) is 5.82 Å². The van der Waals surface area contributed by atoms with Crippen molar-refractivity contribution >= 4 is 38.9 Å². The highest BCUT2D eigenvalue weighted by Crippen LogP contribution is 2.31. The number of nitrogens with two attached hydrogens (primary N) is 1. The van der Waals surface area contributed by atoms with Crippen LogP contribution in [0.15, 0.2) is 41.3 Å². The summed E-state index contributed by atoms with van der Waals surface area (Å²) in [7, 11) is -3.92. The van der Waals surface area contributed by atoms with Crippen molar-refractivity contribution in [1.29, 1.82) is 0 Å². The molecular formula is C13H11Cl2FN2O2S. The van der Waals surface area contributed by atoms with Crippen molar-refractivity contribution in [2.75, 3.05) is 4.72 Å². The Kier molecular flexibility index (Phi) is 4.73. The fraction of sp³-hybridized carbons (Fsp3) is 0.0769. The summed E-state index contributed by atoms with van der Waals surface area (Å²) < 4.78 is 39.8. The van der Waals surface area contributed by atoms with Crippen LogP contribution in [0.25, 0.3) is 0 Å². The third-order valence-electron chi connectivity index (χ3n) is 2.74. The number of halogens is 3. The lowest BCUT2D eigenvalue weighted by Gasteiger charge is -2.12. The zero-order chi connectivity index (χ0) is 15.6. The molecule has 0 aliphatic carbocycles.